The van der Waals surface area contributed by atoms with Crippen LogP contribution in [0.5, 0.6) is 11.5 Å². The van der Waals surface area contributed by atoms with E-state index in [-0.39, 0.29) is 17.1 Å². The highest BCUT2D eigenvalue weighted by molar-refractivity contribution is 5.96. The van der Waals surface area contributed by atoms with Crippen LogP contribution < -0.4 is 10.5 Å². The van der Waals surface area contributed by atoms with Crippen LogP contribution in [0.25, 0.3) is 0 Å². The first kappa shape index (κ1) is 9.83. The van der Waals surface area contributed by atoms with Crippen LogP contribution in [0.15, 0.2) is 18.2 Å². The molecule has 80 valence electrons. The van der Waals surface area contributed by atoms with Crippen molar-refractivity contribution in [2.75, 3.05) is 6.61 Å². The minimum absolute atomic E-state index is 0.0352. The molecule has 0 radical (unpaired) electrons. The molecule has 2 rings (SSSR count). The number of carbonyl (C=O) groups excluding carboxylic acids is 1. The molecule has 0 aliphatic heterocycles. The van der Waals surface area contributed by atoms with Gasteiger partial charge in [-0.25, -0.2) is 0 Å². The van der Waals surface area contributed by atoms with Crippen molar-refractivity contribution in [3.05, 3.63) is 23.8 Å². The van der Waals surface area contributed by atoms with Gasteiger partial charge in [-0.05, 0) is 30.9 Å². The minimum Gasteiger partial charge on any atom is -0.504 e. The molecule has 0 saturated heterocycles. The number of phenols is 1. The van der Waals surface area contributed by atoms with Gasteiger partial charge in [-0.2, -0.15) is 0 Å². The molecule has 1 amide bonds. The lowest BCUT2D eigenvalue weighted by molar-refractivity contribution is 0.0995. The number of aromatic hydroxyl groups is 1. The molecule has 4 nitrogen and oxygen atoms in total. The van der Waals surface area contributed by atoms with Crippen LogP contribution in [0.4, 0.5) is 0 Å². The number of amides is 1. The Bertz CT molecular complexity index is 385. The molecule has 1 aromatic carbocycles. The molecule has 1 aromatic rings. The monoisotopic (exact) mass is 207 g/mol. The second-order valence-corrected chi connectivity index (χ2v) is 3.77. The third kappa shape index (κ3) is 2.21. The lowest BCUT2D eigenvalue weighted by Crippen LogP contribution is -2.13. The van der Waals surface area contributed by atoms with E-state index in [4.69, 9.17) is 10.5 Å². The molecular formula is C11H13NO3. The second kappa shape index (κ2) is 3.81. The molecule has 4 heteroatoms. The van der Waals surface area contributed by atoms with E-state index in [0.29, 0.717) is 12.5 Å². The standard InChI is InChI=1S/C11H13NO3/c12-11(14)8-2-1-3-9(13)10(8)15-6-7-4-5-7/h1-3,7,13H,4-6H2,(H2,12,14). The highest BCUT2D eigenvalue weighted by atomic mass is 16.5. The normalized spacial score (nSPS) is 14.9. The summed E-state index contributed by atoms with van der Waals surface area (Å²) in [6, 6.07) is 4.60. The number of para-hydroxylation sites is 1. The van der Waals surface area contributed by atoms with Crippen molar-refractivity contribution in [3.63, 3.8) is 0 Å². The molecule has 3 N–H and O–H groups in total. The first-order chi connectivity index (χ1) is 7.18. The Balaban J connectivity index is 2.20. The Labute approximate surface area is 87.7 Å². The van der Waals surface area contributed by atoms with Crippen LogP contribution in [-0.2, 0) is 0 Å². The van der Waals surface area contributed by atoms with E-state index in [0.717, 1.165) is 12.8 Å². The van der Waals surface area contributed by atoms with Gasteiger partial charge in [0.1, 0.15) is 0 Å². The lowest BCUT2D eigenvalue weighted by atomic mass is 10.2. The molecule has 0 unspecified atom stereocenters. The number of benzene rings is 1. The van der Waals surface area contributed by atoms with Crippen LogP contribution in [0.2, 0.25) is 0 Å². The molecule has 1 aliphatic carbocycles. The van der Waals surface area contributed by atoms with E-state index in [2.05, 4.69) is 0 Å². The lowest BCUT2D eigenvalue weighted by Gasteiger charge is -2.10. The molecule has 0 atom stereocenters. The predicted octanol–water partition coefficient (Wildman–Crippen LogP) is 1.28. The zero-order valence-corrected chi connectivity index (χ0v) is 8.27. The average Bonchev–Trinajstić information content (AvgIpc) is 2.99. The third-order valence-electron chi connectivity index (χ3n) is 2.42. The van der Waals surface area contributed by atoms with Gasteiger partial charge in [-0.15, -0.1) is 0 Å². The van der Waals surface area contributed by atoms with E-state index >= 15 is 0 Å². The van der Waals surface area contributed by atoms with Gasteiger partial charge < -0.3 is 15.6 Å². The second-order valence-electron chi connectivity index (χ2n) is 3.77. The van der Waals surface area contributed by atoms with E-state index in [1.165, 1.54) is 6.07 Å². The maximum Gasteiger partial charge on any atom is 0.252 e. The Morgan fingerprint density at radius 2 is 2.27 bits per heavy atom. The fourth-order valence-corrected chi connectivity index (χ4v) is 1.36. The van der Waals surface area contributed by atoms with E-state index in [9.17, 15) is 9.90 Å². The maximum absolute atomic E-state index is 11.1. The average molecular weight is 207 g/mol. The van der Waals surface area contributed by atoms with Gasteiger partial charge in [0.2, 0.25) is 0 Å². The predicted molar refractivity (Wildman–Crippen MR) is 54.8 cm³/mol. The summed E-state index contributed by atoms with van der Waals surface area (Å²) in [6.45, 7) is 0.540. The van der Waals surface area contributed by atoms with Crippen LogP contribution >= 0.6 is 0 Å². The number of hydrogen-bond donors (Lipinski definition) is 2. The van der Waals surface area contributed by atoms with Crippen LogP contribution in [0.1, 0.15) is 23.2 Å². The van der Waals surface area contributed by atoms with E-state index in [1.807, 2.05) is 0 Å². The highest BCUT2D eigenvalue weighted by Crippen LogP contribution is 2.34. The maximum atomic E-state index is 11.1. The van der Waals surface area contributed by atoms with Gasteiger partial charge in [0.25, 0.3) is 5.91 Å². The summed E-state index contributed by atoms with van der Waals surface area (Å²) in [6.07, 6.45) is 2.30. The summed E-state index contributed by atoms with van der Waals surface area (Å²) in [4.78, 5) is 11.1. The zero-order chi connectivity index (χ0) is 10.8. The molecule has 0 aromatic heterocycles. The number of primary amides is 1. The van der Waals surface area contributed by atoms with Gasteiger partial charge in [-0.3, -0.25) is 4.79 Å². The zero-order valence-electron chi connectivity index (χ0n) is 8.27. The fraction of sp³-hybridized carbons (Fsp3) is 0.364. The molecular weight excluding hydrogens is 194 g/mol. The number of carbonyl (C=O) groups is 1. The first-order valence-corrected chi connectivity index (χ1v) is 4.93. The van der Waals surface area contributed by atoms with Crippen molar-refractivity contribution in [2.24, 2.45) is 11.7 Å². The Morgan fingerprint density at radius 1 is 1.53 bits per heavy atom. The van der Waals surface area contributed by atoms with Crippen molar-refractivity contribution in [1.82, 2.24) is 0 Å². The van der Waals surface area contributed by atoms with E-state index in [1.54, 1.807) is 12.1 Å². The SMILES string of the molecule is NC(=O)c1cccc(O)c1OCC1CC1. The molecule has 15 heavy (non-hydrogen) atoms. The third-order valence-corrected chi connectivity index (χ3v) is 2.42. The summed E-state index contributed by atoms with van der Waals surface area (Å²) < 4.78 is 5.40. The smallest absolute Gasteiger partial charge is 0.252 e. The van der Waals surface area contributed by atoms with Crippen LogP contribution in [0, 0.1) is 5.92 Å². The molecule has 1 saturated carbocycles. The minimum atomic E-state index is -0.586. The van der Waals surface area contributed by atoms with Crippen molar-refractivity contribution < 1.29 is 14.6 Å². The van der Waals surface area contributed by atoms with Crippen molar-refractivity contribution in [2.45, 2.75) is 12.8 Å². The summed E-state index contributed by atoms with van der Waals surface area (Å²) in [5.41, 5.74) is 5.41. The van der Waals surface area contributed by atoms with Gasteiger partial charge in [0.05, 0.1) is 12.2 Å². The van der Waals surface area contributed by atoms with Crippen molar-refractivity contribution in [3.8, 4) is 11.5 Å². The quantitative estimate of drug-likeness (QED) is 0.781. The van der Waals surface area contributed by atoms with Gasteiger partial charge in [0, 0.05) is 0 Å². The summed E-state index contributed by atoms with van der Waals surface area (Å²) >= 11 is 0. The fourth-order valence-electron chi connectivity index (χ4n) is 1.36. The van der Waals surface area contributed by atoms with Gasteiger partial charge in [0.15, 0.2) is 11.5 Å². The van der Waals surface area contributed by atoms with Crippen molar-refractivity contribution in [1.29, 1.82) is 0 Å². The molecule has 0 spiro atoms. The number of phenolic OH excluding ortho intramolecular Hbond substituents is 1. The summed E-state index contributed by atoms with van der Waals surface area (Å²) in [5, 5.41) is 9.54. The largest absolute Gasteiger partial charge is 0.504 e. The van der Waals surface area contributed by atoms with Crippen LogP contribution in [0.3, 0.4) is 0 Å². The number of ether oxygens (including phenoxy) is 1. The van der Waals surface area contributed by atoms with Crippen LogP contribution in [-0.4, -0.2) is 17.6 Å². The Hall–Kier alpha value is -1.71. The Morgan fingerprint density at radius 3 is 2.87 bits per heavy atom. The molecule has 1 aliphatic rings. The summed E-state index contributed by atoms with van der Waals surface area (Å²) in [5.74, 6) is 0.144. The first-order valence-electron chi connectivity index (χ1n) is 4.93. The van der Waals surface area contributed by atoms with Crippen molar-refractivity contribution >= 4 is 5.91 Å². The molecule has 0 heterocycles. The highest BCUT2D eigenvalue weighted by Gasteiger charge is 2.23. The Kier molecular flexibility index (Phi) is 2.49. The molecule has 1 fully saturated rings. The summed E-state index contributed by atoms with van der Waals surface area (Å²) in [7, 11) is 0. The number of rotatable bonds is 4. The topological polar surface area (TPSA) is 72.6 Å². The molecule has 0 bridgehead atoms. The van der Waals surface area contributed by atoms with Gasteiger partial charge in [-0.1, -0.05) is 6.07 Å². The van der Waals surface area contributed by atoms with Gasteiger partial charge >= 0.3 is 0 Å². The van der Waals surface area contributed by atoms with E-state index < -0.39 is 5.91 Å². The number of nitrogens with two attached hydrogens (primary N) is 1. The number of hydrogen-bond acceptors (Lipinski definition) is 3.